The van der Waals surface area contributed by atoms with Crippen LogP contribution in [0.15, 0.2) is 4.99 Å². The molecule has 8 heteroatoms. The lowest BCUT2D eigenvalue weighted by Crippen LogP contribution is -2.48. The molecule has 1 aromatic heterocycles. The maximum absolute atomic E-state index is 11.9. The Morgan fingerprint density at radius 2 is 2.15 bits per heavy atom. The van der Waals surface area contributed by atoms with Gasteiger partial charge in [-0.25, -0.2) is 9.67 Å². The molecule has 0 saturated heterocycles. The van der Waals surface area contributed by atoms with E-state index >= 15 is 0 Å². The molecule has 0 fully saturated rings. The number of rotatable bonds is 6. The van der Waals surface area contributed by atoms with Crippen molar-refractivity contribution in [3.63, 3.8) is 0 Å². The molecule has 1 amide bonds. The molecule has 1 aromatic rings. The minimum absolute atomic E-state index is 0.0109. The third kappa shape index (κ3) is 4.95. The predicted molar refractivity (Wildman–Crippen MR) is 103 cm³/mol. The number of fused-ring (bicyclic) bond motifs is 1. The lowest BCUT2D eigenvalue weighted by atomic mass is 9.93. The molecule has 26 heavy (non-hydrogen) atoms. The summed E-state index contributed by atoms with van der Waals surface area (Å²) in [6, 6.07) is 0.241. The quantitative estimate of drug-likeness (QED) is 0.518. The van der Waals surface area contributed by atoms with Crippen molar-refractivity contribution in [2.45, 2.75) is 66.0 Å². The lowest BCUT2D eigenvalue weighted by Gasteiger charge is -2.26. The fourth-order valence-corrected chi connectivity index (χ4v) is 2.89. The van der Waals surface area contributed by atoms with Gasteiger partial charge in [0.15, 0.2) is 11.8 Å². The molecule has 0 bridgehead atoms. The summed E-state index contributed by atoms with van der Waals surface area (Å²) in [4.78, 5) is 21.2. The molecule has 146 valence electrons. The van der Waals surface area contributed by atoms with Crippen LogP contribution in [0.2, 0.25) is 0 Å². The number of aromatic nitrogens is 3. The van der Waals surface area contributed by atoms with Crippen LogP contribution < -0.4 is 16.0 Å². The maximum Gasteiger partial charge on any atom is 0.227 e. The average Bonchev–Trinajstić information content (AvgIpc) is 3.03. The van der Waals surface area contributed by atoms with E-state index in [1.54, 1.807) is 7.05 Å². The summed E-state index contributed by atoms with van der Waals surface area (Å²) in [6.07, 6.45) is 1.89. The first-order valence-electron chi connectivity index (χ1n) is 9.47. The number of guanidine groups is 1. The predicted octanol–water partition coefficient (Wildman–Crippen LogP) is 1.04. The molecule has 1 atom stereocenters. The van der Waals surface area contributed by atoms with Crippen LogP contribution in [0.4, 0.5) is 0 Å². The molecule has 2 rings (SSSR count). The van der Waals surface area contributed by atoms with Crippen LogP contribution in [0, 0.1) is 5.41 Å². The van der Waals surface area contributed by atoms with Crippen LogP contribution in [-0.4, -0.2) is 52.8 Å². The molecule has 0 radical (unpaired) electrons. The van der Waals surface area contributed by atoms with Gasteiger partial charge in [0.1, 0.15) is 5.82 Å². The molecular formula is C18H33N7O. The van der Waals surface area contributed by atoms with Crippen LogP contribution in [0.1, 0.15) is 58.6 Å². The Kier molecular flexibility index (Phi) is 6.61. The Labute approximate surface area is 156 Å². The van der Waals surface area contributed by atoms with Gasteiger partial charge in [0.2, 0.25) is 5.91 Å². The fourth-order valence-electron chi connectivity index (χ4n) is 2.89. The summed E-state index contributed by atoms with van der Waals surface area (Å²) in [5.74, 6) is 3.04. The van der Waals surface area contributed by atoms with Crippen molar-refractivity contribution >= 4 is 11.9 Å². The highest BCUT2D eigenvalue weighted by Crippen LogP contribution is 2.18. The molecule has 8 nitrogen and oxygen atoms in total. The van der Waals surface area contributed by atoms with Gasteiger partial charge >= 0.3 is 0 Å². The van der Waals surface area contributed by atoms with Gasteiger partial charge in [-0.15, -0.1) is 0 Å². The number of nitrogens with zero attached hydrogens (tertiary/aromatic N) is 4. The van der Waals surface area contributed by atoms with Crippen molar-refractivity contribution in [1.82, 2.24) is 30.7 Å². The van der Waals surface area contributed by atoms with E-state index in [0.29, 0.717) is 12.5 Å². The van der Waals surface area contributed by atoms with Gasteiger partial charge in [-0.1, -0.05) is 13.8 Å². The van der Waals surface area contributed by atoms with E-state index in [2.05, 4.69) is 44.9 Å². The first kappa shape index (κ1) is 20.2. The van der Waals surface area contributed by atoms with Crippen molar-refractivity contribution in [2.24, 2.45) is 10.4 Å². The molecule has 2 heterocycles. The summed E-state index contributed by atoms with van der Waals surface area (Å²) in [5, 5.41) is 14.1. The van der Waals surface area contributed by atoms with Gasteiger partial charge in [-0.3, -0.25) is 9.79 Å². The summed E-state index contributed by atoms with van der Waals surface area (Å²) in [6.45, 7) is 12.0. The van der Waals surface area contributed by atoms with Crippen LogP contribution in [0.3, 0.4) is 0 Å². The third-order valence-corrected chi connectivity index (χ3v) is 4.55. The molecule has 1 aliphatic rings. The Balaban J connectivity index is 2.03. The molecular weight excluding hydrogens is 330 g/mol. The Bertz CT molecular complexity index is 648. The number of aliphatic imine (C=N–C) groups is 1. The smallest absolute Gasteiger partial charge is 0.227 e. The van der Waals surface area contributed by atoms with Crippen molar-refractivity contribution < 1.29 is 4.79 Å². The lowest BCUT2D eigenvalue weighted by molar-refractivity contribution is -0.128. The second-order valence-electron chi connectivity index (χ2n) is 7.76. The van der Waals surface area contributed by atoms with Crippen molar-refractivity contribution in [3.8, 4) is 0 Å². The zero-order valence-corrected chi connectivity index (χ0v) is 16.9. The number of carbonyl (C=O) groups is 1. The molecule has 0 saturated carbocycles. The van der Waals surface area contributed by atoms with Gasteiger partial charge in [0.25, 0.3) is 0 Å². The van der Waals surface area contributed by atoms with Crippen molar-refractivity contribution in [3.05, 3.63) is 11.6 Å². The first-order valence-corrected chi connectivity index (χ1v) is 9.47. The van der Waals surface area contributed by atoms with Crippen LogP contribution >= 0.6 is 0 Å². The number of amides is 1. The highest BCUT2D eigenvalue weighted by Gasteiger charge is 2.27. The van der Waals surface area contributed by atoms with E-state index in [4.69, 9.17) is 0 Å². The van der Waals surface area contributed by atoms with Gasteiger partial charge in [-0.2, -0.15) is 5.10 Å². The Hall–Kier alpha value is -2.12. The average molecular weight is 364 g/mol. The number of aryl methyl sites for hydroxylation is 1. The molecule has 3 N–H and O–H groups in total. The second kappa shape index (κ2) is 8.51. The van der Waals surface area contributed by atoms with Crippen LogP contribution in [-0.2, 0) is 17.8 Å². The van der Waals surface area contributed by atoms with Crippen LogP contribution in [0.25, 0.3) is 0 Å². The number of hydrogen-bond acceptors (Lipinski definition) is 4. The Morgan fingerprint density at radius 3 is 2.77 bits per heavy atom. The SMILES string of the molecule is CCNC(=NCC(C)(C)C(=O)NC)NC1CCc2nc(C(C)C)nn2C1. The van der Waals surface area contributed by atoms with E-state index in [1.165, 1.54) is 0 Å². The zero-order valence-electron chi connectivity index (χ0n) is 16.9. The van der Waals surface area contributed by atoms with E-state index in [-0.39, 0.29) is 11.9 Å². The second-order valence-corrected chi connectivity index (χ2v) is 7.76. The number of hydrogen-bond donors (Lipinski definition) is 3. The highest BCUT2D eigenvalue weighted by molar-refractivity contribution is 5.83. The van der Waals surface area contributed by atoms with Gasteiger partial charge in [0.05, 0.1) is 18.5 Å². The number of nitrogens with one attached hydrogen (secondary N) is 3. The summed E-state index contributed by atoms with van der Waals surface area (Å²) >= 11 is 0. The van der Waals surface area contributed by atoms with Gasteiger partial charge < -0.3 is 16.0 Å². The molecule has 0 spiro atoms. The first-order chi connectivity index (χ1) is 12.3. The molecule has 0 aliphatic carbocycles. The van der Waals surface area contributed by atoms with Gasteiger partial charge in [-0.05, 0) is 27.2 Å². The van der Waals surface area contributed by atoms with Crippen molar-refractivity contribution in [1.29, 1.82) is 0 Å². The van der Waals surface area contributed by atoms with Crippen LogP contribution in [0.5, 0.6) is 0 Å². The minimum atomic E-state index is -0.547. The van der Waals surface area contributed by atoms with E-state index in [1.807, 2.05) is 25.5 Å². The van der Waals surface area contributed by atoms with E-state index in [0.717, 1.165) is 43.5 Å². The van der Waals surface area contributed by atoms with E-state index in [9.17, 15) is 4.79 Å². The summed E-state index contributed by atoms with van der Waals surface area (Å²) < 4.78 is 2.01. The Morgan fingerprint density at radius 1 is 1.42 bits per heavy atom. The minimum Gasteiger partial charge on any atom is -0.359 e. The summed E-state index contributed by atoms with van der Waals surface area (Å²) in [7, 11) is 1.65. The molecule has 1 unspecified atom stereocenters. The fraction of sp³-hybridized carbons (Fsp3) is 0.778. The monoisotopic (exact) mass is 363 g/mol. The number of carbonyl (C=O) groups excluding carboxylic acids is 1. The zero-order chi connectivity index (χ0) is 19.3. The largest absolute Gasteiger partial charge is 0.359 e. The van der Waals surface area contributed by atoms with Crippen molar-refractivity contribution in [2.75, 3.05) is 20.1 Å². The van der Waals surface area contributed by atoms with Gasteiger partial charge in [0, 0.05) is 32.0 Å². The highest BCUT2D eigenvalue weighted by atomic mass is 16.2. The van der Waals surface area contributed by atoms with E-state index < -0.39 is 5.41 Å². The normalized spacial score (nSPS) is 17.8. The topological polar surface area (TPSA) is 96.2 Å². The maximum atomic E-state index is 11.9. The standard InChI is InChI=1S/C18H33N7O/c1-7-20-17(21-11-18(4,5)16(26)19-6)22-13-8-9-14-23-15(12(2)3)24-25(14)10-13/h12-13H,7-11H2,1-6H3,(H,19,26)(H2,20,21,22). The summed E-state index contributed by atoms with van der Waals surface area (Å²) in [5.41, 5.74) is -0.547. The molecule has 1 aliphatic heterocycles. The molecule has 0 aromatic carbocycles. The third-order valence-electron chi connectivity index (χ3n) is 4.55.